The number of nitrogens with zero attached hydrogens (tertiary/aromatic N) is 2. The third-order valence-corrected chi connectivity index (χ3v) is 6.16. The summed E-state index contributed by atoms with van der Waals surface area (Å²) in [5.74, 6) is 1.63. The van der Waals surface area contributed by atoms with Crippen LogP contribution in [0.2, 0.25) is 0 Å². The molecule has 3 aromatic rings. The highest BCUT2D eigenvalue weighted by Gasteiger charge is 2.31. The van der Waals surface area contributed by atoms with Gasteiger partial charge in [-0.3, -0.25) is 9.78 Å². The molecule has 2 aromatic carbocycles. The zero-order chi connectivity index (χ0) is 21.9. The second-order valence-corrected chi connectivity index (χ2v) is 8.54. The predicted molar refractivity (Wildman–Crippen MR) is 124 cm³/mol. The molecule has 1 atom stereocenters. The molecule has 3 heterocycles. The third-order valence-electron chi connectivity index (χ3n) is 6.16. The van der Waals surface area contributed by atoms with Gasteiger partial charge in [-0.2, -0.15) is 0 Å². The number of fused-ring (bicyclic) bond motifs is 1. The Morgan fingerprint density at radius 2 is 1.78 bits per heavy atom. The van der Waals surface area contributed by atoms with Crippen LogP contribution in [0.4, 0.5) is 0 Å². The highest BCUT2D eigenvalue weighted by Crippen LogP contribution is 2.35. The molecule has 5 heteroatoms. The first-order valence-electron chi connectivity index (χ1n) is 11.4. The Labute approximate surface area is 189 Å². The number of likely N-dealkylation sites (tertiary alicyclic amines) is 1. The van der Waals surface area contributed by atoms with E-state index < -0.39 is 0 Å². The van der Waals surface area contributed by atoms with Gasteiger partial charge in [0.15, 0.2) is 11.5 Å². The number of hydrogen-bond acceptors (Lipinski definition) is 4. The van der Waals surface area contributed by atoms with E-state index in [1.807, 2.05) is 48.2 Å². The van der Waals surface area contributed by atoms with Crippen LogP contribution in [-0.2, 0) is 11.2 Å². The van der Waals surface area contributed by atoms with Crippen LogP contribution in [0.3, 0.4) is 0 Å². The Balaban J connectivity index is 1.36. The molecule has 5 rings (SSSR count). The molecule has 2 aliphatic heterocycles. The summed E-state index contributed by atoms with van der Waals surface area (Å²) in [4.78, 5) is 20.1. The fourth-order valence-corrected chi connectivity index (χ4v) is 4.63. The van der Waals surface area contributed by atoms with Crippen molar-refractivity contribution < 1.29 is 14.3 Å². The van der Waals surface area contributed by atoms with Crippen molar-refractivity contribution in [3.63, 3.8) is 0 Å². The molecule has 0 aliphatic carbocycles. The van der Waals surface area contributed by atoms with Crippen LogP contribution in [0, 0.1) is 6.92 Å². The van der Waals surface area contributed by atoms with Gasteiger partial charge in [0.2, 0.25) is 5.91 Å². The Morgan fingerprint density at radius 3 is 2.62 bits per heavy atom. The number of benzene rings is 2. The van der Waals surface area contributed by atoms with E-state index in [1.165, 1.54) is 5.56 Å². The first kappa shape index (κ1) is 20.6. The molecule has 0 saturated carbocycles. The topological polar surface area (TPSA) is 51.7 Å². The lowest BCUT2D eigenvalue weighted by atomic mass is 10.0. The maximum absolute atomic E-state index is 13.3. The molecule has 0 radical (unpaired) electrons. The van der Waals surface area contributed by atoms with Crippen molar-refractivity contribution >= 4 is 5.91 Å². The Morgan fingerprint density at radius 1 is 0.969 bits per heavy atom. The van der Waals surface area contributed by atoms with Gasteiger partial charge >= 0.3 is 0 Å². The lowest BCUT2D eigenvalue weighted by Crippen LogP contribution is -2.32. The molecule has 0 unspecified atom stereocenters. The average molecular weight is 429 g/mol. The van der Waals surface area contributed by atoms with Gasteiger partial charge in [0.05, 0.1) is 31.4 Å². The smallest absolute Gasteiger partial charge is 0.227 e. The molecule has 0 N–H and O–H groups in total. The summed E-state index contributed by atoms with van der Waals surface area (Å²) < 4.78 is 11.5. The lowest BCUT2D eigenvalue weighted by molar-refractivity contribution is -0.131. The monoisotopic (exact) mass is 428 g/mol. The number of hydrogen-bond donors (Lipinski definition) is 0. The van der Waals surface area contributed by atoms with Gasteiger partial charge in [0, 0.05) is 18.7 Å². The van der Waals surface area contributed by atoms with Crippen LogP contribution in [0.25, 0.3) is 11.1 Å². The average Bonchev–Trinajstić information content (AvgIpc) is 3.19. The molecular formula is C27H28N2O3. The van der Waals surface area contributed by atoms with Gasteiger partial charge in [0.25, 0.3) is 0 Å². The number of aryl methyl sites for hydroxylation is 1. The largest absolute Gasteiger partial charge is 0.490 e. The number of rotatable bonds is 4. The minimum absolute atomic E-state index is 0.0188. The molecule has 1 saturated heterocycles. The van der Waals surface area contributed by atoms with Crippen molar-refractivity contribution in [2.24, 2.45) is 0 Å². The number of ether oxygens (including phenoxy) is 2. The van der Waals surface area contributed by atoms with Crippen molar-refractivity contribution in [3.8, 4) is 22.6 Å². The number of carbonyl (C=O) groups is 1. The van der Waals surface area contributed by atoms with E-state index in [9.17, 15) is 4.79 Å². The summed E-state index contributed by atoms with van der Waals surface area (Å²) in [5.41, 5.74) is 5.22. The number of aromatic nitrogens is 1. The number of amides is 1. The molecule has 1 aromatic heterocycles. The van der Waals surface area contributed by atoms with E-state index in [0.717, 1.165) is 59.8 Å². The van der Waals surface area contributed by atoms with Crippen molar-refractivity contribution in [1.82, 2.24) is 9.88 Å². The van der Waals surface area contributed by atoms with E-state index >= 15 is 0 Å². The summed E-state index contributed by atoms with van der Waals surface area (Å²) >= 11 is 0. The Hall–Kier alpha value is -3.34. The van der Waals surface area contributed by atoms with Gasteiger partial charge in [-0.1, -0.05) is 36.4 Å². The third kappa shape index (κ3) is 4.33. The van der Waals surface area contributed by atoms with Crippen LogP contribution < -0.4 is 9.47 Å². The predicted octanol–water partition coefficient (Wildman–Crippen LogP) is 5.12. The van der Waals surface area contributed by atoms with Crippen molar-refractivity contribution in [3.05, 3.63) is 77.6 Å². The minimum atomic E-state index is 0.0188. The van der Waals surface area contributed by atoms with E-state index in [4.69, 9.17) is 14.5 Å². The van der Waals surface area contributed by atoms with Gasteiger partial charge in [0.1, 0.15) is 0 Å². The standard InChI is InChI=1S/C27H28N2O3/c1-19-15-22(21-7-3-2-4-8-21)18-23(28-19)24-9-5-12-29(24)27(30)17-20-10-11-25-26(16-20)32-14-6-13-31-25/h2-4,7-8,10-11,15-16,18,24H,5-6,9,12-14,17H2,1H3/t24-/m1/s1. The summed E-state index contributed by atoms with van der Waals surface area (Å²) in [6.45, 7) is 4.09. The minimum Gasteiger partial charge on any atom is -0.490 e. The molecule has 5 nitrogen and oxygen atoms in total. The summed E-state index contributed by atoms with van der Waals surface area (Å²) in [6.07, 6.45) is 3.16. The van der Waals surface area contributed by atoms with Crippen LogP contribution >= 0.6 is 0 Å². The zero-order valence-electron chi connectivity index (χ0n) is 18.4. The Kier molecular flexibility index (Phi) is 5.80. The van der Waals surface area contributed by atoms with Crippen LogP contribution in [0.1, 0.15) is 42.3 Å². The number of pyridine rings is 1. The van der Waals surface area contributed by atoms with Crippen molar-refractivity contribution in [2.45, 2.75) is 38.6 Å². The molecule has 32 heavy (non-hydrogen) atoms. The highest BCUT2D eigenvalue weighted by atomic mass is 16.5. The van der Waals surface area contributed by atoms with E-state index in [-0.39, 0.29) is 11.9 Å². The van der Waals surface area contributed by atoms with Crippen molar-refractivity contribution in [2.75, 3.05) is 19.8 Å². The fraction of sp³-hybridized carbons (Fsp3) is 0.333. The van der Waals surface area contributed by atoms with Gasteiger partial charge in [-0.15, -0.1) is 0 Å². The fourth-order valence-electron chi connectivity index (χ4n) is 4.63. The van der Waals surface area contributed by atoms with E-state index in [2.05, 4.69) is 24.3 Å². The van der Waals surface area contributed by atoms with Gasteiger partial charge in [-0.25, -0.2) is 0 Å². The zero-order valence-corrected chi connectivity index (χ0v) is 18.4. The van der Waals surface area contributed by atoms with E-state index in [1.54, 1.807) is 0 Å². The maximum atomic E-state index is 13.3. The molecule has 0 bridgehead atoms. The maximum Gasteiger partial charge on any atom is 0.227 e. The molecule has 1 amide bonds. The van der Waals surface area contributed by atoms with E-state index in [0.29, 0.717) is 19.6 Å². The van der Waals surface area contributed by atoms with Gasteiger partial charge in [-0.05, 0) is 60.7 Å². The second kappa shape index (κ2) is 9.03. The molecule has 2 aliphatic rings. The molecule has 164 valence electrons. The van der Waals surface area contributed by atoms with Crippen LogP contribution in [-0.4, -0.2) is 35.5 Å². The summed E-state index contributed by atoms with van der Waals surface area (Å²) in [7, 11) is 0. The molecule has 1 fully saturated rings. The molecule has 0 spiro atoms. The lowest BCUT2D eigenvalue weighted by Gasteiger charge is -2.25. The first-order chi connectivity index (χ1) is 15.7. The van der Waals surface area contributed by atoms with Crippen LogP contribution in [0.5, 0.6) is 11.5 Å². The first-order valence-corrected chi connectivity index (χ1v) is 11.4. The second-order valence-electron chi connectivity index (χ2n) is 8.54. The Bertz CT molecular complexity index is 1110. The normalized spacial score (nSPS) is 17.8. The summed E-state index contributed by atoms with van der Waals surface area (Å²) in [5, 5.41) is 0. The molecular weight excluding hydrogens is 400 g/mol. The number of carbonyl (C=O) groups excluding carboxylic acids is 1. The SMILES string of the molecule is Cc1cc(-c2ccccc2)cc([C@H]2CCCN2C(=O)Cc2ccc3c(c2)OCCCO3)n1. The quantitative estimate of drug-likeness (QED) is 0.578. The summed E-state index contributed by atoms with van der Waals surface area (Å²) in [6, 6.07) is 20.4. The van der Waals surface area contributed by atoms with Crippen molar-refractivity contribution in [1.29, 1.82) is 0 Å². The van der Waals surface area contributed by atoms with Crippen LogP contribution in [0.15, 0.2) is 60.7 Å². The van der Waals surface area contributed by atoms with Gasteiger partial charge < -0.3 is 14.4 Å². The highest BCUT2D eigenvalue weighted by molar-refractivity contribution is 5.80.